The summed E-state index contributed by atoms with van der Waals surface area (Å²) < 4.78 is 0. The van der Waals surface area contributed by atoms with Gasteiger partial charge >= 0.3 is 0 Å². The second-order valence-electron chi connectivity index (χ2n) is 4.51. The van der Waals surface area contributed by atoms with Gasteiger partial charge in [0.15, 0.2) is 0 Å². The van der Waals surface area contributed by atoms with Crippen LogP contribution >= 0.6 is 0 Å². The third-order valence-electron chi connectivity index (χ3n) is 3.32. The van der Waals surface area contributed by atoms with Crippen molar-refractivity contribution < 1.29 is 14.5 Å². The third kappa shape index (κ3) is 1.97. The number of hydrogen-bond acceptors (Lipinski definition) is 4. The van der Waals surface area contributed by atoms with Gasteiger partial charge in [0.2, 0.25) is 11.8 Å². The molecule has 1 heterocycles. The number of benzene rings is 1. The molecule has 1 aromatic carbocycles. The zero-order valence-corrected chi connectivity index (χ0v) is 9.80. The predicted molar refractivity (Wildman–Crippen MR) is 62.8 cm³/mol. The van der Waals surface area contributed by atoms with Crippen LogP contribution in [0.3, 0.4) is 0 Å². The molecule has 1 saturated heterocycles. The number of nitro benzene ring substituents is 1. The average molecular weight is 248 g/mol. The Kier molecular flexibility index (Phi) is 2.86. The number of carbonyl (C=O) groups is 2. The van der Waals surface area contributed by atoms with Crippen molar-refractivity contribution in [2.75, 3.05) is 0 Å². The Labute approximate surface area is 103 Å². The third-order valence-corrected chi connectivity index (χ3v) is 3.32. The van der Waals surface area contributed by atoms with E-state index in [1.807, 2.05) is 0 Å². The molecule has 1 fully saturated rings. The van der Waals surface area contributed by atoms with Crippen LogP contribution in [0.2, 0.25) is 0 Å². The molecule has 94 valence electrons. The number of non-ortho nitro benzene ring substituents is 1. The van der Waals surface area contributed by atoms with Gasteiger partial charge in [0.1, 0.15) is 0 Å². The number of imide groups is 1. The fourth-order valence-electron chi connectivity index (χ4n) is 2.03. The van der Waals surface area contributed by atoms with Crippen molar-refractivity contribution in [2.24, 2.45) is 0 Å². The summed E-state index contributed by atoms with van der Waals surface area (Å²) in [7, 11) is 0. The van der Waals surface area contributed by atoms with Crippen LogP contribution in [0.4, 0.5) is 5.69 Å². The van der Waals surface area contributed by atoms with Crippen molar-refractivity contribution in [3.05, 3.63) is 39.9 Å². The molecule has 1 aromatic rings. The van der Waals surface area contributed by atoms with Gasteiger partial charge in [-0.3, -0.25) is 25.0 Å². The summed E-state index contributed by atoms with van der Waals surface area (Å²) in [5.41, 5.74) is -0.143. The van der Waals surface area contributed by atoms with E-state index >= 15 is 0 Å². The lowest BCUT2D eigenvalue weighted by Crippen LogP contribution is -2.49. The van der Waals surface area contributed by atoms with Crippen molar-refractivity contribution in [1.82, 2.24) is 5.32 Å². The molecule has 0 spiro atoms. The van der Waals surface area contributed by atoms with E-state index in [2.05, 4.69) is 5.32 Å². The van der Waals surface area contributed by atoms with Gasteiger partial charge in [0.25, 0.3) is 5.69 Å². The lowest BCUT2D eigenvalue weighted by molar-refractivity contribution is -0.384. The second-order valence-corrected chi connectivity index (χ2v) is 4.51. The first-order valence-corrected chi connectivity index (χ1v) is 5.53. The Morgan fingerprint density at radius 2 is 1.89 bits per heavy atom. The molecule has 0 aromatic heterocycles. The van der Waals surface area contributed by atoms with Gasteiger partial charge in [0, 0.05) is 18.6 Å². The van der Waals surface area contributed by atoms with Crippen molar-refractivity contribution >= 4 is 17.5 Å². The maximum absolute atomic E-state index is 11.9. The summed E-state index contributed by atoms with van der Waals surface area (Å²) >= 11 is 0. The van der Waals surface area contributed by atoms with Crippen molar-refractivity contribution in [1.29, 1.82) is 0 Å². The standard InChI is InChI=1S/C12H12N2O4/c1-12(7-6-10(15)13-11(12)16)8-2-4-9(5-3-8)14(17)18/h2-5H,6-7H2,1H3,(H,13,15,16). The number of piperidine rings is 1. The minimum Gasteiger partial charge on any atom is -0.296 e. The van der Waals surface area contributed by atoms with Gasteiger partial charge < -0.3 is 0 Å². The number of nitrogens with one attached hydrogen (secondary N) is 1. The van der Waals surface area contributed by atoms with E-state index in [0.717, 1.165) is 0 Å². The van der Waals surface area contributed by atoms with E-state index in [0.29, 0.717) is 12.0 Å². The fourth-order valence-corrected chi connectivity index (χ4v) is 2.03. The first-order chi connectivity index (χ1) is 8.43. The van der Waals surface area contributed by atoms with E-state index in [-0.39, 0.29) is 23.9 Å². The first kappa shape index (κ1) is 12.2. The molecular formula is C12H12N2O4. The van der Waals surface area contributed by atoms with Gasteiger partial charge in [-0.25, -0.2) is 0 Å². The van der Waals surface area contributed by atoms with Gasteiger partial charge in [0.05, 0.1) is 10.3 Å². The Balaban J connectivity index is 2.32. The zero-order valence-electron chi connectivity index (χ0n) is 9.80. The summed E-state index contributed by atoms with van der Waals surface area (Å²) in [4.78, 5) is 33.1. The molecule has 2 rings (SSSR count). The highest BCUT2D eigenvalue weighted by Crippen LogP contribution is 2.32. The molecule has 6 nitrogen and oxygen atoms in total. The van der Waals surface area contributed by atoms with Crippen LogP contribution in [0.5, 0.6) is 0 Å². The molecule has 1 aliphatic heterocycles. The van der Waals surface area contributed by atoms with Crippen LogP contribution in [0.1, 0.15) is 25.3 Å². The molecule has 2 amide bonds. The largest absolute Gasteiger partial charge is 0.296 e. The summed E-state index contributed by atoms with van der Waals surface area (Å²) in [6.07, 6.45) is 0.689. The number of nitro groups is 1. The Morgan fingerprint density at radius 3 is 2.39 bits per heavy atom. The molecule has 0 radical (unpaired) electrons. The monoisotopic (exact) mass is 248 g/mol. The topological polar surface area (TPSA) is 89.3 Å². The summed E-state index contributed by atoms with van der Waals surface area (Å²) in [6.45, 7) is 1.73. The molecule has 1 N–H and O–H groups in total. The maximum Gasteiger partial charge on any atom is 0.269 e. The summed E-state index contributed by atoms with van der Waals surface area (Å²) in [6, 6.07) is 5.86. The van der Waals surface area contributed by atoms with E-state index in [1.165, 1.54) is 12.1 Å². The minimum atomic E-state index is -0.803. The van der Waals surface area contributed by atoms with E-state index < -0.39 is 10.3 Å². The highest BCUT2D eigenvalue weighted by Gasteiger charge is 2.39. The Hall–Kier alpha value is -2.24. The van der Waals surface area contributed by atoms with Gasteiger partial charge in [-0.15, -0.1) is 0 Å². The molecule has 0 aliphatic carbocycles. The fraction of sp³-hybridized carbons (Fsp3) is 0.333. The van der Waals surface area contributed by atoms with Gasteiger partial charge in [-0.1, -0.05) is 12.1 Å². The van der Waals surface area contributed by atoms with E-state index in [1.54, 1.807) is 19.1 Å². The normalized spacial score (nSPS) is 23.6. The molecule has 0 saturated carbocycles. The Bertz CT molecular complexity index is 523. The smallest absolute Gasteiger partial charge is 0.269 e. The molecule has 18 heavy (non-hydrogen) atoms. The van der Waals surface area contributed by atoms with Gasteiger partial charge in [-0.2, -0.15) is 0 Å². The van der Waals surface area contributed by atoms with Crippen LogP contribution in [-0.2, 0) is 15.0 Å². The quantitative estimate of drug-likeness (QED) is 0.485. The molecule has 1 aliphatic rings. The Morgan fingerprint density at radius 1 is 1.28 bits per heavy atom. The van der Waals surface area contributed by atoms with Gasteiger partial charge in [-0.05, 0) is 18.9 Å². The summed E-state index contributed by atoms with van der Waals surface area (Å²) in [5, 5.41) is 12.9. The molecule has 0 bridgehead atoms. The lowest BCUT2D eigenvalue weighted by Gasteiger charge is -2.31. The van der Waals surface area contributed by atoms with Crippen LogP contribution in [0, 0.1) is 10.1 Å². The highest BCUT2D eigenvalue weighted by atomic mass is 16.6. The number of hydrogen-bond donors (Lipinski definition) is 1. The van der Waals surface area contributed by atoms with Crippen LogP contribution in [-0.4, -0.2) is 16.7 Å². The number of amides is 2. The van der Waals surface area contributed by atoms with Crippen LogP contribution < -0.4 is 5.32 Å². The molecular weight excluding hydrogens is 236 g/mol. The van der Waals surface area contributed by atoms with Crippen molar-refractivity contribution in [2.45, 2.75) is 25.2 Å². The zero-order chi connectivity index (χ0) is 13.3. The van der Waals surface area contributed by atoms with Crippen molar-refractivity contribution in [3.63, 3.8) is 0 Å². The van der Waals surface area contributed by atoms with Crippen molar-refractivity contribution in [3.8, 4) is 0 Å². The molecule has 1 atom stereocenters. The number of nitrogens with zero attached hydrogens (tertiary/aromatic N) is 1. The molecule has 1 unspecified atom stereocenters. The minimum absolute atomic E-state index is 0.0188. The summed E-state index contributed by atoms with van der Waals surface area (Å²) in [5.74, 6) is -0.632. The first-order valence-electron chi connectivity index (χ1n) is 5.53. The van der Waals surface area contributed by atoms with E-state index in [4.69, 9.17) is 0 Å². The molecule has 6 heteroatoms. The van der Waals surface area contributed by atoms with Crippen LogP contribution in [0.15, 0.2) is 24.3 Å². The lowest BCUT2D eigenvalue weighted by atomic mass is 9.75. The predicted octanol–water partition coefficient (Wildman–Crippen LogP) is 1.29. The van der Waals surface area contributed by atoms with E-state index in [9.17, 15) is 19.7 Å². The number of carbonyl (C=O) groups excluding carboxylic acids is 2. The maximum atomic E-state index is 11.9. The second kappa shape index (κ2) is 4.21. The average Bonchev–Trinajstić information content (AvgIpc) is 2.34. The SMILES string of the molecule is CC1(c2ccc([N+](=O)[O-])cc2)CCC(=O)NC1=O. The number of rotatable bonds is 2. The highest BCUT2D eigenvalue weighted by molar-refractivity contribution is 6.03. The van der Waals surface area contributed by atoms with Crippen LogP contribution in [0.25, 0.3) is 0 Å².